The standard InChI is InChI=1S/C19H32O4Si/c1-15(22-14-16-11-9-8-10-12-16)17(13-18(20)21-5)23-24(6,7)19(2,3)4/h8-12,15,17H,13-14H2,1-7H3. The van der Waals surface area contributed by atoms with Crippen LogP contribution >= 0.6 is 0 Å². The molecule has 0 aliphatic carbocycles. The molecular weight excluding hydrogens is 320 g/mol. The Hall–Kier alpha value is -1.17. The molecule has 0 N–H and O–H groups in total. The first-order valence-electron chi connectivity index (χ1n) is 8.47. The van der Waals surface area contributed by atoms with E-state index in [-0.39, 0.29) is 29.6 Å². The number of benzene rings is 1. The summed E-state index contributed by atoms with van der Waals surface area (Å²) in [5, 5.41) is 0.0700. The Balaban J connectivity index is 2.78. The topological polar surface area (TPSA) is 44.8 Å². The molecule has 2 atom stereocenters. The van der Waals surface area contributed by atoms with Crippen molar-refractivity contribution in [3.8, 4) is 0 Å². The highest BCUT2D eigenvalue weighted by molar-refractivity contribution is 6.74. The van der Waals surface area contributed by atoms with Crippen molar-refractivity contribution < 1.29 is 18.7 Å². The molecule has 1 aromatic carbocycles. The highest BCUT2D eigenvalue weighted by Crippen LogP contribution is 2.38. The minimum Gasteiger partial charge on any atom is -0.469 e. The van der Waals surface area contributed by atoms with Crippen LogP contribution in [0.15, 0.2) is 30.3 Å². The molecule has 0 aliphatic rings. The Labute approximate surface area is 147 Å². The van der Waals surface area contributed by atoms with E-state index >= 15 is 0 Å². The fraction of sp³-hybridized carbons (Fsp3) is 0.632. The van der Waals surface area contributed by atoms with Gasteiger partial charge in [-0.15, -0.1) is 0 Å². The molecule has 136 valence electrons. The molecule has 1 aromatic rings. The van der Waals surface area contributed by atoms with E-state index in [1.54, 1.807) is 0 Å². The third-order valence-corrected chi connectivity index (χ3v) is 9.23. The summed E-state index contributed by atoms with van der Waals surface area (Å²) in [6.07, 6.45) is -0.292. The van der Waals surface area contributed by atoms with Crippen LogP contribution in [-0.4, -0.2) is 33.6 Å². The van der Waals surface area contributed by atoms with Gasteiger partial charge in [0.05, 0.1) is 32.3 Å². The summed E-state index contributed by atoms with van der Waals surface area (Å²) in [6, 6.07) is 10.0. The van der Waals surface area contributed by atoms with Gasteiger partial charge >= 0.3 is 5.97 Å². The summed E-state index contributed by atoms with van der Waals surface area (Å²) >= 11 is 0. The second-order valence-electron chi connectivity index (χ2n) is 7.70. The van der Waals surface area contributed by atoms with Crippen LogP contribution in [0.25, 0.3) is 0 Å². The first-order chi connectivity index (χ1) is 11.1. The molecule has 24 heavy (non-hydrogen) atoms. The van der Waals surface area contributed by atoms with Crippen molar-refractivity contribution in [2.75, 3.05) is 7.11 Å². The van der Waals surface area contributed by atoms with Gasteiger partial charge < -0.3 is 13.9 Å². The van der Waals surface area contributed by atoms with Crippen molar-refractivity contribution >= 4 is 14.3 Å². The molecule has 0 radical (unpaired) electrons. The third-order valence-electron chi connectivity index (χ3n) is 4.73. The van der Waals surface area contributed by atoms with Crippen LogP contribution in [0.3, 0.4) is 0 Å². The van der Waals surface area contributed by atoms with E-state index in [0.717, 1.165) is 5.56 Å². The lowest BCUT2D eigenvalue weighted by Gasteiger charge is -2.40. The molecule has 0 aromatic heterocycles. The normalized spacial score (nSPS) is 15.0. The maximum Gasteiger partial charge on any atom is 0.308 e. The van der Waals surface area contributed by atoms with E-state index in [1.165, 1.54) is 7.11 Å². The van der Waals surface area contributed by atoms with Gasteiger partial charge in [-0.1, -0.05) is 51.1 Å². The lowest BCUT2D eigenvalue weighted by molar-refractivity contribution is -0.145. The van der Waals surface area contributed by atoms with Gasteiger partial charge in [-0.3, -0.25) is 4.79 Å². The quantitative estimate of drug-likeness (QED) is 0.509. The van der Waals surface area contributed by atoms with Gasteiger partial charge in [0.25, 0.3) is 0 Å². The Morgan fingerprint density at radius 2 is 1.75 bits per heavy atom. The number of esters is 1. The van der Waals surface area contributed by atoms with E-state index in [1.807, 2.05) is 37.3 Å². The first-order valence-corrected chi connectivity index (χ1v) is 11.4. The molecule has 0 saturated heterocycles. The third kappa shape index (κ3) is 6.38. The van der Waals surface area contributed by atoms with Crippen LogP contribution in [0.4, 0.5) is 0 Å². The number of methoxy groups -OCH3 is 1. The number of rotatable bonds is 8. The minimum absolute atomic E-state index is 0.0700. The van der Waals surface area contributed by atoms with E-state index in [9.17, 15) is 4.79 Å². The van der Waals surface area contributed by atoms with E-state index < -0.39 is 8.32 Å². The SMILES string of the molecule is COC(=O)CC(O[Si](C)(C)C(C)(C)C)C(C)OCc1ccccc1. The molecule has 1 rings (SSSR count). The van der Waals surface area contributed by atoms with Crippen LogP contribution in [0, 0.1) is 0 Å². The maximum absolute atomic E-state index is 11.8. The van der Waals surface area contributed by atoms with Gasteiger partial charge in [0.1, 0.15) is 0 Å². The summed E-state index contributed by atoms with van der Waals surface area (Å²) in [5.41, 5.74) is 1.11. The van der Waals surface area contributed by atoms with Crippen molar-refractivity contribution in [2.24, 2.45) is 0 Å². The van der Waals surface area contributed by atoms with E-state index in [0.29, 0.717) is 6.61 Å². The smallest absolute Gasteiger partial charge is 0.308 e. The fourth-order valence-electron chi connectivity index (χ4n) is 2.02. The monoisotopic (exact) mass is 352 g/mol. The maximum atomic E-state index is 11.8. The summed E-state index contributed by atoms with van der Waals surface area (Å²) in [6.45, 7) is 13.4. The van der Waals surface area contributed by atoms with Gasteiger partial charge in [-0.25, -0.2) is 0 Å². The number of carbonyl (C=O) groups is 1. The Morgan fingerprint density at radius 3 is 2.25 bits per heavy atom. The Bertz CT molecular complexity index is 508. The van der Waals surface area contributed by atoms with Crippen LogP contribution in [0.2, 0.25) is 18.1 Å². The van der Waals surface area contributed by atoms with Crippen LogP contribution in [-0.2, 0) is 25.3 Å². The second kappa shape index (κ2) is 8.79. The molecule has 0 aliphatic heterocycles. The lowest BCUT2D eigenvalue weighted by atomic mass is 10.1. The van der Waals surface area contributed by atoms with Crippen LogP contribution in [0.1, 0.15) is 39.7 Å². The first kappa shape index (κ1) is 20.9. The summed E-state index contributed by atoms with van der Waals surface area (Å²) in [5.74, 6) is -0.270. The number of ether oxygens (including phenoxy) is 2. The molecule has 0 heterocycles. The zero-order valence-electron chi connectivity index (χ0n) is 16.1. The van der Waals surface area contributed by atoms with Crippen molar-refractivity contribution in [3.05, 3.63) is 35.9 Å². The van der Waals surface area contributed by atoms with Gasteiger partial charge in [0.15, 0.2) is 8.32 Å². The average molecular weight is 353 g/mol. The largest absolute Gasteiger partial charge is 0.469 e. The highest BCUT2D eigenvalue weighted by atomic mass is 28.4. The predicted octanol–water partition coefficient (Wildman–Crippen LogP) is 4.55. The van der Waals surface area contributed by atoms with Crippen LogP contribution < -0.4 is 0 Å². The molecule has 5 heteroatoms. The van der Waals surface area contributed by atoms with Crippen molar-refractivity contribution in [1.82, 2.24) is 0 Å². The molecule has 0 bridgehead atoms. The zero-order chi connectivity index (χ0) is 18.4. The number of hydrogen-bond donors (Lipinski definition) is 0. The molecular formula is C19H32O4Si. The Kier molecular flexibility index (Phi) is 7.64. The Morgan fingerprint density at radius 1 is 1.17 bits per heavy atom. The van der Waals surface area contributed by atoms with Crippen molar-refractivity contribution in [2.45, 2.75) is 71.1 Å². The van der Waals surface area contributed by atoms with Gasteiger partial charge in [0, 0.05) is 0 Å². The van der Waals surface area contributed by atoms with E-state index in [4.69, 9.17) is 13.9 Å². The number of hydrogen-bond acceptors (Lipinski definition) is 4. The molecule has 0 spiro atoms. The summed E-state index contributed by atoms with van der Waals surface area (Å²) in [7, 11) is -0.602. The van der Waals surface area contributed by atoms with Crippen LogP contribution in [0.5, 0.6) is 0 Å². The summed E-state index contributed by atoms with van der Waals surface area (Å²) in [4.78, 5) is 11.8. The number of carbonyl (C=O) groups excluding carboxylic acids is 1. The van der Waals surface area contributed by atoms with Gasteiger partial charge in [0.2, 0.25) is 0 Å². The average Bonchev–Trinajstić information content (AvgIpc) is 2.51. The highest BCUT2D eigenvalue weighted by Gasteiger charge is 2.41. The molecule has 4 nitrogen and oxygen atoms in total. The zero-order valence-corrected chi connectivity index (χ0v) is 17.1. The van der Waals surface area contributed by atoms with Gasteiger partial charge in [-0.05, 0) is 30.6 Å². The van der Waals surface area contributed by atoms with E-state index in [2.05, 4.69) is 33.9 Å². The van der Waals surface area contributed by atoms with Crippen molar-refractivity contribution in [1.29, 1.82) is 0 Å². The lowest BCUT2D eigenvalue weighted by Crippen LogP contribution is -2.47. The molecule has 0 amide bonds. The minimum atomic E-state index is -2.01. The second-order valence-corrected chi connectivity index (χ2v) is 12.5. The summed E-state index contributed by atoms with van der Waals surface area (Å²) < 4.78 is 17.3. The fourth-order valence-corrected chi connectivity index (χ4v) is 3.40. The molecule has 0 saturated carbocycles. The molecule has 0 fully saturated rings. The van der Waals surface area contributed by atoms with Gasteiger partial charge in [-0.2, -0.15) is 0 Å². The van der Waals surface area contributed by atoms with Crippen molar-refractivity contribution in [3.63, 3.8) is 0 Å². The molecule has 2 unspecified atom stereocenters. The predicted molar refractivity (Wildman–Crippen MR) is 99.4 cm³/mol.